The number of cyclic esters (lactones) is 1. The van der Waals surface area contributed by atoms with E-state index in [2.05, 4.69) is 49.1 Å². The summed E-state index contributed by atoms with van der Waals surface area (Å²) in [5, 5.41) is 3.59. The van der Waals surface area contributed by atoms with E-state index in [0.29, 0.717) is 12.2 Å². The Morgan fingerprint density at radius 3 is 2.96 bits per heavy atom. The number of carbonyl (C=O) groups is 1. The van der Waals surface area contributed by atoms with Crippen LogP contribution in [0.5, 0.6) is 0 Å². The lowest BCUT2D eigenvalue weighted by Crippen LogP contribution is -2.45. The van der Waals surface area contributed by atoms with Gasteiger partial charge in [0.15, 0.2) is 0 Å². The van der Waals surface area contributed by atoms with E-state index in [4.69, 9.17) is 4.74 Å². The summed E-state index contributed by atoms with van der Waals surface area (Å²) in [4.78, 5) is 22.8. The summed E-state index contributed by atoms with van der Waals surface area (Å²) < 4.78 is 6.05. The number of aromatic nitrogens is 2. The Balaban J connectivity index is 1.52. The van der Waals surface area contributed by atoms with Gasteiger partial charge in [-0.15, -0.1) is 0 Å². The van der Waals surface area contributed by atoms with Crippen molar-refractivity contribution in [3.63, 3.8) is 0 Å². The number of piperazine rings is 1. The van der Waals surface area contributed by atoms with Crippen LogP contribution in [-0.2, 0) is 17.9 Å². The van der Waals surface area contributed by atoms with Gasteiger partial charge < -0.3 is 10.1 Å². The smallest absolute Gasteiger partial charge is 0.338 e. The van der Waals surface area contributed by atoms with Gasteiger partial charge in [-0.3, -0.25) is 4.90 Å². The molecule has 7 heteroatoms. The zero-order chi connectivity index (χ0) is 17.4. The number of halogens is 1. The highest BCUT2D eigenvalue weighted by Gasteiger charge is 2.28. The Morgan fingerprint density at radius 1 is 1.36 bits per heavy atom. The number of ether oxygens (including phenoxy) is 1. The summed E-state index contributed by atoms with van der Waals surface area (Å²) in [6.45, 7) is 5.95. The Labute approximate surface area is 154 Å². The molecule has 3 heterocycles. The molecule has 1 saturated heterocycles. The average Bonchev–Trinajstić information content (AvgIpc) is 3.00. The molecule has 0 saturated carbocycles. The summed E-state index contributed by atoms with van der Waals surface area (Å²) >= 11 is 3.36. The minimum Gasteiger partial charge on any atom is -0.457 e. The summed E-state index contributed by atoms with van der Waals surface area (Å²) in [6.07, 6.45) is 3.56. The second-order valence-corrected chi connectivity index (χ2v) is 7.36. The first-order chi connectivity index (χ1) is 12.1. The van der Waals surface area contributed by atoms with Crippen molar-refractivity contribution in [2.45, 2.75) is 26.1 Å². The lowest BCUT2D eigenvalue weighted by atomic mass is 9.93. The maximum atomic E-state index is 11.7. The molecule has 2 aliphatic heterocycles. The fourth-order valence-electron chi connectivity index (χ4n) is 3.53. The van der Waals surface area contributed by atoms with Crippen LogP contribution < -0.4 is 5.32 Å². The second-order valence-electron chi connectivity index (χ2n) is 6.44. The molecule has 0 aliphatic carbocycles. The van der Waals surface area contributed by atoms with Gasteiger partial charge in [-0.25, -0.2) is 14.8 Å². The van der Waals surface area contributed by atoms with Crippen LogP contribution >= 0.6 is 15.9 Å². The molecule has 4 rings (SSSR count). The predicted molar refractivity (Wildman–Crippen MR) is 96.1 cm³/mol. The molecule has 130 valence electrons. The van der Waals surface area contributed by atoms with E-state index in [0.717, 1.165) is 47.6 Å². The number of carbonyl (C=O) groups excluding carboxylic acids is 1. The van der Waals surface area contributed by atoms with Gasteiger partial charge in [-0.05, 0) is 40.0 Å². The van der Waals surface area contributed by atoms with Crippen molar-refractivity contribution in [3.05, 3.63) is 57.1 Å². The molecule has 0 unspecified atom stereocenters. The van der Waals surface area contributed by atoms with Crippen molar-refractivity contribution in [1.82, 2.24) is 20.2 Å². The minimum absolute atomic E-state index is 0.213. The number of rotatable bonds is 3. The van der Waals surface area contributed by atoms with Gasteiger partial charge in [0.05, 0.1) is 16.6 Å². The van der Waals surface area contributed by atoms with E-state index in [1.807, 2.05) is 6.07 Å². The van der Waals surface area contributed by atoms with Crippen molar-refractivity contribution in [2.75, 3.05) is 19.6 Å². The number of nitrogens with one attached hydrogen (secondary N) is 1. The Morgan fingerprint density at radius 2 is 2.16 bits per heavy atom. The van der Waals surface area contributed by atoms with Crippen LogP contribution in [0, 0.1) is 6.92 Å². The van der Waals surface area contributed by atoms with Crippen LogP contribution in [0.1, 0.15) is 38.9 Å². The Bertz CT molecular complexity index is 809. The lowest BCUT2D eigenvalue weighted by Gasteiger charge is -2.34. The largest absolute Gasteiger partial charge is 0.457 e. The predicted octanol–water partition coefficient (Wildman–Crippen LogP) is 2.36. The lowest BCUT2D eigenvalue weighted by molar-refractivity contribution is 0.0535. The third-order valence-electron chi connectivity index (χ3n) is 4.88. The first kappa shape index (κ1) is 16.6. The van der Waals surface area contributed by atoms with E-state index in [1.54, 1.807) is 12.4 Å². The monoisotopic (exact) mass is 402 g/mol. The maximum Gasteiger partial charge on any atom is 0.338 e. The van der Waals surface area contributed by atoms with Gasteiger partial charge >= 0.3 is 5.97 Å². The molecule has 2 aliphatic rings. The first-order valence-electron chi connectivity index (χ1n) is 8.33. The van der Waals surface area contributed by atoms with Crippen LogP contribution in [0.15, 0.2) is 29.0 Å². The number of fused-ring (bicyclic) bond motifs is 1. The molecule has 1 fully saturated rings. The van der Waals surface area contributed by atoms with Gasteiger partial charge in [0, 0.05) is 43.6 Å². The van der Waals surface area contributed by atoms with Gasteiger partial charge in [0.1, 0.15) is 12.4 Å². The molecule has 0 radical (unpaired) electrons. The van der Waals surface area contributed by atoms with Crippen molar-refractivity contribution in [1.29, 1.82) is 0 Å². The summed E-state index contributed by atoms with van der Waals surface area (Å²) in [7, 11) is 0. The number of benzene rings is 1. The SMILES string of the molecule is Cc1c([C@@H]2CN(Cc3ncc(Br)cn3)CCN2)ccc2c1COC2=O. The van der Waals surface area contributed by atoms with Crippen molar-refractivity contribution in [2.24, 2.45) is 0 Å². The van der Waals surface area contributed by atoms with Gasteiger partial charge in [0.25, 0.3) is 0 Å². The molecule has 1 aromatic carbocycles. The van der Waals surface area contributed by atoms with E-state index >= 15 is 0 Å². The molecule has 2 aromatic rings. The normalized spacial score (nSPS) is 20.4. The molecule has 6 nitrogen and oxygen atoms in total. The van der Waals surface area contributed by atoms with E-state index in [-0.39, 0.29) is 12.0 Å². The van der Waals surface area contributed by atoms with Crippen molar-refractivity contribution in [3.8, 4) is 0 Å². The number of hydrogen-bond acceptors (Lipinski definition) is 6. The van der Waals surface area contributed by atoms with Gasteiger partial charge in [-0.1, -0.05) is 6.07 Å². The van der Waals surface area contributed by atoms with Crippen LogP contribution in [0.2, 0.25) is 0 Å². The first-order valence-corrected chi connectivity index (χ1v) is 9.13. The zero-order valence-corrected chi connectivity index (χ0v) is 15.5. The molecule has 1 aromatic heterocycles. The van der Waals surface area contributed by atoms with Gasteiger partial charge in [-0.2, -0.15) is 0 Å². The Hall–Kier alpha value is -1.83. The topological polar surface area (TPSA) is 67.3 Å². The number of esters is 1. The van der Waals surface area contributed by atoms with Crippen molar-refractivity contribution >= 4 is 21.9 Å². The van der Waals surface area contributed by atoms with Crippen LogP contribution in [-0.4, -0.2) is 40.5 Å². The van der Waals surface area contributed by atoms with Crippen LogP contribution in [0.3, 0.4) is 0 Å². The second kappa shape index (κ2) is 6.82. The standard InChI is InChI=1S/C18H19BrN4O2/c1-11-13(2-3-14-15(11)10-25-18(14)24)16-8-23(5-4-20-16)9-17-21-6-12(19)7-22-17/h2-3,6-7,16,20H,4-5,8-10H2,1H3/t16-/m0/s1. The summed E-state index contributed by atoms with van der Waals surface area (Å²) in [5.41, 5.74) is 4.12. The third kappa shape index (κ3) is 3.31. The average molecular weight is 403 g/mol. The fourth-order valence-corrected chi connectivity index (χ4v) is 3.73. The minimum atomic E-state index is -0.213. The third-order valence-corrected chi connectivity index (χ3v) is 5.29. The van der Waals surface area contributed by atoms with Crippen LogP contribution in [0.25, 0.3) is 0 Å². The van der Waals surface area contributed by atoms with E-state index in [9.17, 15) is 4.79 Å². The molecule has 1 N–H and O–H groups in total. The van der Waals surface area contributed by atoms with E-state index in [1.165, 1.54) is 5.56 Å². The quantitative estimate of drug-likeness (QED) is 0.794. The highest BCUT2D eigenvalue weighted by molar-refractivity contribution is 9.10. The molecule has 0 spiro atoms. The highest BCUT2D eigenvalue weighted by atomic mass is 79.9. The summed E-state index contributed by atoms with van der Waals surface area (Å²) in [5.74, 6) is 0.615. The van der Waals surface area contributed by atoms with Crippen molar-refractivity contribution < 1.29 is 9.53 Å². The Kier molecular flexibility index (Phi) is 4.54. The number of hydrogen-bond donors (Lipinski definition) is 1. The molecular weight excluding hydrogens is 384 g/mol. The van der Waals surface area contributed by atoms with Crippen LogP contribution in [0.4, 0.5) is 0 Å². The molecule has 0 amide bonds. The fraction of sp³-hybridized carbons (Fsp3) is 0.389. The molecule has 25 heavy (non-hydrogen) atoms. The van der Waals surface area contributed by atoms with E-state index < -0.39 is 0 Å². The summed E-state index contributed by atoms with van der Waals surface area (Å²) in [6, 6.07) is 4.17. The molecule has 0 bridgehead atoms. The maximum absolute atomic E-state index is 11.7. The molecular formula is C18H19BrN4O2. The van der Waals surface area contributed by atoms with Gasteiger partial charge in [0.2, 0.25) is 0 Å². The molecule has 1 atom stereocenters. The number of nitrogens with zero attached hydrogens (tertiary/aromatic N) is 3. The highest BCUT2D eigenvalue weighted by Crippen LogP contribution is 2.30. The zero-order valence-electron chi connectivity index (χ0n) is 14.0.